The molecule has 1 heterocycles. The molecule has 0 aliphatic carbocycles. The number of ether oxygens (including phenoxy) is 1. The molecule has 0 spiro atoms. The molecule has 1 saturated heterocycles. The first kappa shape index (κ1) is 15.7. The molecule has 2 N–H and O–H groups in total. The van der Waals surface area contributed by atoms with E-state index in [0.717, 1.165) is 13.1 Å². The number of hydrogen-bond acceptors (Lipinski definition) is 4. The summed E-state index contributed by atoms with van der Waals surface area (Å²) in [6.07, 6.45) is -0.574. The molecule has 19 heavy (non-hydrogen) atoms. The summed E-state index contributed by atoms with van der Waals surface area (Å²) in [5, 5.41) is 11.5. The van der Waals surface area contributed by atoms with Crippen molar-refractivity contribution < 1.29 is 19.4 Å². The van der Waals surface area contributed by atoms with Gasteiger partial charge in [-0.3, -0.25) is 4.79 Å². The highest BCUT2D eigenvalue weighted by atomic mass is 16.5. The first-order valence-corrected chi connectivity index (χ1v) is 6.57. The van der Waals surface area contributed by atoms with Crippen LogP contribution in [0.3, 0.4) is 0 Å². The maximum atomic E-state index is 11.9. The molecule has 1 aliphatic rings. The number of nitrogens with zero attached hydrogens (tertiary/aromatic N) is 2. The van der Waals surface area contributed by atoms with Crippen molar-refractivity contribution in [3.63, 3.8) is 0 Å². The standard InChI is InChI=1S/C12H23N3O4/c1-3-19-10(8-11(16)17)9-13-12(18)15-6-4-14(2)5-7-15/h10H,3-9H2,1-2H3,(H,13,18)(H,16,17). The Balaban J connectivity index is 2.32. The lowest BCUT2D eigenvalue weighted by Gasteiger charge is -2.32. The van der Waals surface area contributed by atoms with E-state index in [4.69, 9.17) is 9.84 Å². The molecule has 0 radical (unpaired) electrons. The van der Waals surface area contributed by atoms with Crippen molar-refractivity contribution in [2.24, 2.45) is 0 Å². The van der Waals surface area contributed by atoms with Crippen LogP contribution in [0.2, 0.25) is 0 Å². The molecule has 7 nitrogen and oxygen atoms in total. The van der Waals surface area contributed by atoms with Gasteiger partial charge in [0, 0.05) is 39.3 Å². The molecule has 1 fully saturated rings. The lowest BCUT2D eigenvalue weighted by atomic mass is 10.2. The van der Waals surface area contributed by atoms with Gasteiger partial charge in [-0.2, -0.15) is 0 Å². The van der Waals surface area contributed by atoms with Crippen LogP contribution in [-0.4, -0.2) is 79.4 Å². The van der Waals surface area contributed by atoms with Crippen LogP contribution in [0.5, 0.6) is 0 Å². The van der Waals surface area contributed by atoms with E-state index in [1.165, 1.54) is 0 Å². The summed E-state index contributed by atoms with van der Waals surface area (Å²) >= 11 is 0. The predicted molar refractivity (Wildman–Crippen MR) is 70.1 cm³/mol. The van der Waals surface area contributed by atoms with Crippen molar-refractivity contribution in [1.82, 2.24) is 15.1 Å². The fraction of sp³-hybridized carbons (Fsp3) is 0.833. The number of likely N-dealkylation sites (N-methyl/N-ethyl adjacent to an activating group) is 1. The van der Waals surface area contributed by atoms with Crippen LogP contribution < -0.4 is 5.32 Å². The lowest BCUT2D eigenvalue weighted by Crippen LogP contribution is -2.51. The van der Waals surface area contributed by atoms with Crippen LogP contribution in [0.4, 0.5) is 4.79 Å². The molecule has 0 aromatic heterocycles. The number of amides is 2. The monoisotopic (exact) mass is 273 g/mol. The Morgan fingerprint density at radius 2 is 1.95 bits per heavy atom. The SMILES string of the molecule is CCOC(CNC(=O)N1CCN(C)CC1)CC(=O)O. The first-order valence-electron chi connectivity index (χ1n) is 6.57. The Kier molecular flexibility index (Phi) is 6.58. The summed E-state index contributed by atoms with van der Waals surface area (Å²) in [5.41, 5.74) is 0. The van der Waals surface area contributed by atoms with E-state index in [9.17, 15) is 9.59 Å². The minimum atomic E-state index is -0.924. The lowest BCUT2D eigenvalue weighted by molar-refractivity contribution is -0.140. The Hall–Kier alpha value is -1.34. The van der Waals surface area contributed by atoms with E-state index in [1.54, 1.807) is 11.8 Å². The number of carbonyl (C=O) groups is 2. The summed E-state index contributed by atoms with van der Waals surface area (Å²) in [6.45, 7) is 5.57. The van der Waals surface area contributed by atoms with Crippen molar-refractivity contribution >= 4 is 12.0 Å². The van der Waals surface area contributed by atoms with Gasteiger partial charge in [-0.15, -0.1) is 0 Å². The van der Waals surface area contributed by atoms with Gasteiger partial charge in [-0.25, -0.2) is 4.79 Å². The largest absolute Gasteiger partial charge is 0.481 e. The molecule has 0 saturated carbocycles. The average molecular weight is 273 g/mol. The number of piperazine rings is 1. The fourth-order valence-corrected chi connectivity index (χ4v) is 1.94. The van der Waals surface area contributed by atoms with Crippen LogP contribution in [-0.2, 0) is 9.53 Å². The molecule has 0 aromatic rings. The van der Waals surface area contributed by atoms with Crippen LogP contribution in [0, 0.1) is 0 Å². The zero-order valence-corrected chi connectivity index (χ0v) is 11.6. The van der Waals surface area contributed by atoms with Crippen molar-refractivity contribution in [1.29, 1.82) is 0 Å². The van der Waals surface area contributed by atoms with Crippen molar-refractivity contribution in [3.8, 4) is 0 Å². The van der Waals surface area contributed by atoms with Crippen molar-refractivity contribution in [2.75, 3.05) is 46.4 Å². The minimum absolute atomic E-state index is 0.100. The van der Waals surface area contributed by atoms with Gasteiger partial charge in [-0.1, -0.05) is 0 Å². The minimum Gasteiger partial charge on any atom is -0.481 e. The molecule has 1 atom stereocenters. The Morgan fingerprint density at radius 3 is 2.47 bits per heavy atom. The van der Waals surface area contributed by atoms with Crippen molar-refractivity contribution in [2.45, 2.75) is 19.4 Å². The smallest absolute Gasteiger partial charge is 0.317 e. The van der Waals surface area contributed by atoms with Gasteiger partial charge in [0.2, 0.25) is 0 Å². The third kappa shape index (κ3) is 5.89. The maximum Gasteiger partial charge on any atom is 0.317 e. The normalized spacial score (nSPS) is 18.1. The third-order valence-corrected chi connectivity index (χ3v) is 3.08. The molecule has 110 valence electrons. The second-order valence-corrected chi connectivity index (χ2v) is 4.65. The molecule has 0 aromatic carbocycles. The van der Waals surface area contributed by atoms with Gasteiger partial charge in [0.05, 0.1) is 12.5 Å². The summed E-state index contributed by atoms with van der Waals surface area (Å²) in [7, 11) is 2.02. The van der Waals surface area contributed by atoms with E-state index in [2.05, 4.69) is 10.2 Å². The van der Waals surface area contributed by atoms with Gasteiger partial charge in [0.1, 0.15) is 0 Å². The number of hydrogen-bond donors (Lipinski definition) is 2. The highest BCUT2D eigenvalue weighted by Gasteiger charge is 2.20. The van der Waals surface area contributed by atoms with E-state index < -0.39 is 12.1 Å². The van der Waals surface area contributed by atoms with E-state index in [-0.39, 0.29) is 19.0 Å². The first-order chi connectivity index (χ1) is 9.02. The second kappa shape index (κ2) is 7.96. The predicted octanol–water partition coefficient (Wildman–Crippen LogP) is -0.177. The highest BCUT2D eigenvalue weighted by molar-refractivity contribution is 5.74. The van der Waals surface area contributed by atoms with E-state index in [0.29, 0.717) is 19.7 Å². The van der Waals surface area contributed by atoms with Crippen LogP contribution >= 0.6 is 0 Å². The molecule has 2 amide bonds. The average Bonchev–Trinajstić information content (AvgIpc) is 2.36. The van der Waals surface area contributed by atoms with Crippen molar-refractivity contribution in [3.05, 3.63) is 0 Å². The van der Waals surface area contributed by atoms with Crippen LogP contribution in [0.25, 0.3) is 0 Å². The van der Waals surface area contributed by atoms with Crippen LogP contribution in [0.15, 0.2) is 0 Å². The summed E-state index contributed by atoms with van der Waals surface area (Å²) < 4.78 is 5.29. The number of rotatable bonds is 6. The van der Waals surface area contributed by atoms with Gasteiger partial charge in [0.25, 0.3) is 0 Å². The zero-order chi connectivity index (χ0) is 14.3. The van der Waals surface area contributed by atoms with E-state index in [1.807, 2.05) is 7.05 Å². The number of nitrogens with one attached hydrogen (secondary N) is 1. The van der Waals surface area contributed by atoms with E-state index >= 15 is 0 Å². The molecule has 7 heteroatoms. The topological polar surface area (TPSA) is 82.1 Å². The molecule has 1 unspecified atom stereocenters. The number of carboxylic acids is 1. The highest BCUT2D eigenvalue weighted by Crippen LogP contribution is 2.01. The number of carbonyl (C=O) groups excluding carboxylic acids is 1. The third-order valence-electron chi connectivity index (χ3n) is 3.08. The Morgan fingerprint density at radius 1 is 1.32 bits per heavy atom. The quantitative estimate of drug-likeness (QED) is 0.702. The van der Waals surface area contributed by atoms with Gasteiger partial charge in [-0.05, 0) is 14.0 Å². The van der Waals surface area contributed by atoms with Crippen LogP contribution in [0.1, 0.15) is 13.3 Å². The fourth-order valence-electron chi connectivity index (χ4n) is 1.94. The molecule has 1 aliphatic heterocycles. The Bertz CT molecular complexity index is 303. The zero-order valence-electron chi connectivity index (χ0n) is 11.6. The van der Waals surface area contributed by atoms with Gasteiger partial charge >= 0.3 is 12.0 Å². The summed E-state index contributed by atoms with van der Waals surface area (Å²) in [5.74, 6) is -0.924. The Labute approximate surface area is 113 Å². The molecule has 0 bridgehead atoms. The van der Waals surface area contributed by atoms with Gasteiger partial charge in [0.15, 0.2) is 0 Å². The summed E-state index contributed by atoms with van der Waals surface area (Å²) in [4.78, 5) is 26.5. The molecular weight excluding hydrogens is 250 g/mol. The number of urea groups is 1. The number of aliphatic carboxylic acids is 1. The van der Waals surface area contributed by atoms with Gasteiger partial charge < -0.3 is 25.0 Å². The second-order valence-electron chi connectivity index (χ2n) is 4.65. The maximum absolute atomic E-state index is 11.9. The number of carboxylic acid groups (broad SMARTS) is 1. The molecule has 1 rings (SSSR count). The summed E-state index contributed by atoms with van der Waals surface area (Å²) in [6, 6.07) is -0.150. The molecular formula is C12H23N3O4.